The SMILES string of the molecule is CCOc1ccc(OCC(=O)NOCC(C)C)cc1. The maximum absolute atomic E-state index is 11.4. The largest absolute Gasteiger partial charge is 0.494 e. The van der Waals surface area contributed by atoms with Crippen molar-refractivity contribution < 1.29 is 19.1 Å². The maximum atomic E-state index is 11.4. The van der Waals surface area contributed by atoms with E-state index in [9.17, 15) is 4.79 Å². The Morgan fingerprint density at radius 1 is 1.16 bits per heavy atom. The van der Waals surface area contributed by atoms with Gasteiger partial charge in [0.1, 0.15) is 11.5 Å². The van der Waals surface area contributed by atoms with Crippen molar-refractivity contribution in [2.45, 2.75) is 20.8 Å². The van der Waals surface area contributed by atoms with Crippen molar-refractivity contribution in [3.05, 3.63) is 24.3 Å². The summed E-state index contributed by atoms with van der Waals surface area (Å²) < 4.78 is 10.6. The molecule has 1 N–H and O–H groups in total. The van der Waals surface area contributed by atoms with E-state index in [4.69, 9.17) is 14.3 Å². The summed E-state index contributed by atoms with van der Waals surface area (Å²) in [6.07, 6.45) is 0. The third-order valence-electron chi connectivity index (χ3n) is 2.11. The lowest BCUT2D eigenvalue weighted by Crippen LogP contribution is -2.30. The molecule has 0 fully saturated rings. The Hall–Kier alpha value is -1.75. The lowest BCUT2D eigenvalue weighted by atomic mass is 10.2. The Morgan fingerprint density at radius 2 is 1.74 bits per heavy atom. The molecular formula is C14H21NO4. The van der Waals surface area contributed by atoms with E-state index in [1.54, 1.807) is 24.3 Å². The second-order valence-electron chi connectivity index (χ2n) is 4.42. The van der Waals surface area contributed by atoms with Crippen LogP contribution in [-0.4, -0.2) is 25.7 Å². The van der Waals surface area contributed by atoms with E-state index in [1.165, 1.54) is 0 Å². The lowest BCUT2D eigenvalue weighted by Gasteiger charge is -2.09. The van der Waals surface area contributed by atoms with Crippen LogP contribution in [0.1, 0.15) is 20.8 Å². The van der Waals surface area contributed by atoms with Crippen LogP contribution < -0.4 is 15.0 Å². The highest BCUT2D eigenvalue weighted by atomic mass is 16.7. The van der Waals surface area contributed by atoms with Gasteiger partial charge >= 0.3 is 0 Å². The maximum Gasteiger partial charge on any atom is 0.281 e. The number of ether oxygens (including phenoxy) is 2. The zero-order valence-electron chi connectivity index (χ0n) is 11.6. The molecule has 0 aliphatic heterocycles. The third-order valence-corrected chi connectivity index (χ3v) is 2.11. The van der Waals surface area contributed by atoms with E-state index in [0.717, 1.165) is 5.75 Å². The monoisotopic (exact) mass is 267 g/mol. The zero-order valence-corrected chi connectivity index (χ0v) is 11.6. The minimum absolute atomic E-state index is 0.0773. The topological polar surface area (TPSA) is 56.8 Å². The number of rotatable bonds is 8. The van der Waals surface area contributed by atoms with Crippen LogP contribution >= 0.6 is 0 Å². The van der Waals surface area contributed by atoms with Crippen molar-refractivity contribution in [1.29, 1.82) is 0 Å². The van der Waals surface area contributed by atoms with Crippen molar-refractivity contribution >= 4 is 5.91 Å². The van der Waals surface area contributed by atoms with E-state index in [-0.39, 0.29) is 12.5 Å². The van der Waals surface area contributed by atoms with Gasteiger partial charge in [0.15, 0.2) is 6.61 Å². The molecular weight excluding hydrogens is 246 g/mol. The first kappa shape index (κ1) is 15.3. The van der Waals surface area contributed by atoms with Gasteiger partial charge in [0.25, 0.3) is 5.91 Å². The summed E-state index contributed by atoms with van der Waals surface area (Å²) in [5, 5.41) is 0. The van der Waals surface area contributed by atoms with Crippen molar-refractivity contribution in [2.24, 2.45) is 5.92 Å². The molecule has 5 heteroatoms. The number of carbonyl (C=O) groups excluding carboxylic acids is 1. The first-order chi connectivity index (χ1) is 9.11. The quantitative estimate of drug-likeness (QED) is 0.733. The van der Waals surface area contributed by atoms with Gasteiger partial charge in [-0.05, 0) is 37.1 Å². The molecule has 1 aromatic rings. The molecule has 1 amide bonds. The van der Waals surface area contributed by atoms with Crippen LogP contribution in [0.5, 0.6) is 11.5 Å². The summed E-state index contributed by atoms with van der Waals surface area (Å²) in [7, 11) is 0. The molecule has 0 saturated heterocycles. The lowest BCUT2D eigenvalue weighted by molar-refractivity contribution is -0.136. The molecule has 0 bridgehead atoms. The predicted molar refractivity (Wildman–Crippen MR) is 72.0 cm³/mol. The van der Waals surface area contributed by atoms with E-state index < -0.39 is 0 Å². The van der Waals surface area contributed by atoms with Gasteiger partial charge in [-0.25, -0.2) is 5.48 Å². The molecule has 0 aromatic heterocycles. The number of amides is 1. The molecule has 19 heavy (non-hydrogen) atoms. The summed E-state index contributed by atoms with van der Waals surface area (Å²) in [5.41, 5.74) is 2.33. The summed E-state index contributed by atoms with van der Waals surface area (Å²) in [6, 6.07) is 7.11. The highest BCUT2D eigenvalue weighted by Crippen LogP contribution is 2.17. The first-order valence-corrected chi connectivity index (χ1v) is 6.38. The van der Waals surface area contributed by atoms with Crippen LogP contribution in [0.15, 0.2) is 24.3 Å². The summed E-state index contributed by atoms with van der Waals surface area (Å²) in [6.45, 7) is 6.95. The minimum Gasteiger partial charge on any atom is -0.494 e. The number of hydroxylamine groups is 1. The molecule has 1 rings (SSSR count). The van der Waals surface area contributed by atoms with E-state index >= 15 is 0 Å². The Bertz CT molecular complexity index is 376. The van der Waals surface area contributed by atoms with Crippen LogP contribution in [0, 0.1) is 5.92 Å². The molecule has 106 valence electrons. The van der Waals surface area contributed by atoms with E-state index in [2.05, 4.69) is 5.48 Å². The first-order valence-electron chi connectivity index (χ1n) is 6.38. The van der Waals surface area contributed by atoms with Crippen LogP contribution in [0.3, 0.4) is 0 Å². The second-order valence-corrected chi connectivity index (χ2v) is 4.42. The van der Waals surface area contributed by atoms with Crippen LogP contribution in [0.2, 0.25) is 0 Å². The van der Waals surface area contributed by atoms with Crippen molar-refractivity contribution in [3.63, 3.8) is 0 Å². The second kappa shape index (κ2) is 8.37. The number of benzene rings is 1. The third kappa shape index (κ3) is 6.67. The average molecular weight is 267 g/mol. The number of hydrogen-bond acceptors (Lipinski definition) is 4. The van der Waals surface area contributed by atoms with Gasteiger partial charge in [0.05, 0.1) is 13.2 Å². The van der Waals surface area contributed by atoms with Gasteiger partial charge in [-0.15, -0.1) is 0 Å². The molecule has 0 atom stereocenters. The molecule has 0 radical (unpaired) electrons. The highest BCUT2D eigenvalue weighted by molar-refractivity contribution is 5.76. The van der Waals surface area contributed by atoms with Gasteiger partial charge in [0.2, 0.25) is 0 Å². The summed E-state index contributed by atoms with van der Waals surface area (Å²) >= 11 is 0. The fourth-order valence-corrected chi connectivity index (χ4v) is 1.27. The van der Waals surface area contributed by atoms with E-state index in [0.29, 0.717) is 24.9 Å². The number of nitrogens with one attached hydrogen (secondary N) is 1. The van der Waals surface area contributed by atoms with Crippen LogP contribution in [-0.2, 0) is 9.63 Å². The van der Waals surface area contributed by atoms with Gasteiger partial charge in [-0.2, -0.15) is 0 Å². The predicted octanol–water partition coefficient (Wildman–Crippen LogP) is 2.17. The van der Waals surface area contributed by atoms with Crippen molar-refractivity contribution in [2.75, 3.05) is 19.8 Å². The number of carbonyl (C=O) groups is 1. The van der Waals surface area contributed by atoms with Gasteiger partial charge in [-0.1, -0.05) is 13.8 Å². The fourth-order valence-electron chi connectivity index (χ4n) is 1.27. The van der Waals surface area contributed by atoms with Crippen molar-refractivity contribution in [3.8, 4) is 11.5 Å². The molecule has 0 unspecified atom stereocenters. The Balaban J connectivity index is 2.25. The molecule has 5 nitrogen and oxygen atoms in total. The van der Waals surface area contributed by atoms with Crippen LogP contribution in [0.4, 0.5) is 0 Å². The standard InChI is InChI=1S/C14H21NO4/c1-4-17-12-5-7-13(8-6-12)18-10-14(16)15-19-9-11(2)3/h5-8,11H,4,9-10H2,1-3H3,(H,15,16). The summed E-state index contributed by atoms with van der Waals surface area (Å²) in [4.78, 5) is 16.4. The Labute approximate surface area is 113 Å². The zero-order chi connectivity index (χ0) is 14.1. The van der Waals surface area contributed by atoms with Crippen LogP contribution in [0.25, 0.3) is 0 Å². The molecule has 0 heterocycles. The van der Waals surface area contributed by atoms with Gasteiger partial charge < -0.3 is 9.47 Å². The smallest absolute Gasteiger partial charge is 0.281 e. The fraction of sp³-hybridized carbons (Fsp3) is 0.500. The average Bonchev–Trinajstić information content (AvgIpc) is 2.38. The Kier molecular flexibility index (Phi) is 6.74. The molecule has 0 aliphatic carbocycles. The van der Waals surface area contributed by atoms with Crippen molar-refractivity contribution in [1.82, 2.24) is 5.48 Å². The minimum atomic E-state index is -0.311. The normalized spacial score (nSPS) is 10.3. The summed E-state index contributed by atoms with van der Waals surface area (Å²) in [5.74, 6) is 1.45. The van der Waals surface area contributed by atoms with E-state index in [1.807, 2.05) is 20.8 Å². The molecule has 0 aliphatic rings. The molecule has 1 aromatic carbocycles. The van der Waals surface area contributed by atoms with Gasteiger partial charge in [-0.3, -0.25) is 9.63 Å². The molecule has 0 spiro atoms. The molecule has 0 saturated carbocycles. The Morgan fingerprint density at radius 3 is 2.26 bits per heavy atom. The highest BCUT2D eigenvalue weighted by Gasteiger charge is 2.03. The number of hydrogen-bond donors (Lipinski definition) is 1. The van der Waals surface area contributed by atoms with Gasteiger partial charge in [0, 0.05) is 0 Å².